The number of ether oxygens (including phenoxy) is 1. The van der Waals surface area contributed by atoms with Gasteiger partial charge in [0, 0.05) is 18.8 Å². The van der Waals surface area contributed by atoms with Gasteiger partial charge in [0.2, 0.25) is 0 Å². The minimum atomic E-state index is 0.0717. The maximum atomic E-state index is 9.32. The van der Waals surface area contributed by atoms with Crippen LogP contribution in [-0.4, -0.2) is 35.4 Å². The molecule has 4 heteroatoms. The predicted octanol–water partition coefficient (Wildman–Crippen LogP) is 1.89. The number of aryl methyl sites for hydroxylation is 1. The van der Waals surface area contributed by atoms with Gasteiger partial charge in [-0.3, -0.25) is 0 Å². The molecule has 2 aliphatic rings. The number of hydrogen-bond donors (Lipinski definition) is 1. The number of hydrogen-bond acceptors (Lipinski definition) is 4. The molecule has 1 aliphatic heterocycles. The Kier molecular flexibility index (Phi) is 3.46. The maximum absolute atomic E-state index is 9.32. The quantitative estimate of drug-likeness (QED) is 0.903. The molecule has 1 aromatic rings. The lowest BCUT2D eigenvalue weighted by Crippen LogP contribution is -2.48. The van der Waals surface area contributed by atoms with Crippen molar-refractivity contribution in [3.63, 3.8) is 0 Å². The van der Waals surface area contributed by atoms with E-state index in [1.165, 1.54) is 12.8 Å². The van der Waals surface area contributed by atoms with Gasteiger partial charge in [-0.25, -0.2) is 4.98 Å². The molecule has 104 valence electrons. The standard InChI is InChI=1S/C15H22N2O2/c1-10-5-12(9-18)6-15(16-10)17-7-11(2)19-14(8-17)13-3-4-13/h5-6,11,13-14,18H,3-4,7-9H2,1-2H3/t11-,14+/m1/s1. The Morgan fingerprint density at radius 3 is 2.84 bits per heavy atom. The summed E-state index contributed by atoms with van der Waals surface area (Å²) >= 11 is 0. The summed E-state index contributed by atoms with van der Waals surface area (Å²) in [5.74, 6) is 1.72. The van der Waals surface area contributed by atoms with Gasteiger partial charge in [-0.2, -0.15) is 0 Å². The molecule has 2 atom stereocenters. The molecule has 0 bridgehead atoms. The first-order valence-corrected chi connectivity index (χ1v) is 7.14. The van der Waals surface area contributed by atoms with Crippen molar-refractivity contribution in [3.8, 4) is 0 Å². The molecule has 1 saturated heterocycles. The van der Waals surface area contributed by atoms with E-state index < -0.39 is 0 Å². The van der Waals surface area contributed by atoms with Crippen LogP contribution in [0, 0.1) is 12.8 Å². The van der Waals surface area contributed by atoms with Gasteiger partial charge in [-0.1, -0.05) is 0 Å². The van der Waals surface area contributed by atoms with E-state index in [0.717, 1.165) is 36.1 Å². The van der Waals surface area contributed by atoms with Crippen LogP contribution in [0.5, 0.6) is 0 Å². The minimum absolute atomic E-state index is 0.0717. The van der Waals surface area contributed by atoms with E-state index in [-0.39, 0.29) is 12.7 Å². The molecule has 0 radical (unpaired) electrons. The Morgan fingerprint density at radius 2 is 2.16 bits per heavy atom. The number of aromatic nitrogens is 1. The SMILES string of the molecule is Cc1cc(CO)cc(N2C[C@@H](C)O[C@H](C3CC3)C2)n1. The molecule has 1 aliphatic carbocycles. The fourth-order valence-electron chi connectivity index (χ4n) is 2.88. The minimum Gasteiger partial charge on any atom is -0.392 e. The zero-order valence-corrected chi connectivity index (χ0v) is 11.7. The summed E-state index contributed by atoms with van der Waals surface area (Å²) in [6.45, 7) is 5.98. The molecule has 1 aromatic heterocycles. The summed E-state index contributed by atoms with van der Waals surface area (Å²) in [6.07, 6.45) is 3.20. The number of morpholine rings is 1. The number of aliphatic hydroxyl groups excluding tert-OH is 1. The summed E-state index contributed by atoms with van der Waals surface area (Å²) in [5.41, 5.74) is 1.90. The summed E-state index contributed by atoms with van der Waals surface area (Å²) in [5, 5.41) is 9.32. The Hall–Kier alpha value is -1.13. The summed E-state index contributed by atoms with van der Waals surface area (Å²) in [7, 11) is 0. The summed E-state index contributed by atoms with van der Waals surface area (Å²) in [6, 6.07) is 3.93. The predicted molar refractivity (Wildman–Crippen MR) is 74.2 cm³/mol. The highest BCUT2D eigenvalue weighted by Gasteiger charge is 2.37. The molecule has 2 heterocycles. The third kappa shape index (κ3) is 2.90. The van der Waals surface area contributed by atoms with Crippen LogP contribution in [-0.2, 0) is 11.3 Å². The molecule has 0 unspecified atom stereocenters. The first kappa shape index (κ1) is 12.9. The van der Waals surface area contributed by atoms with Gasteiger partial charge < -0.3 is 14.7 Å². The third-order valence-electron chi connectivity index (χ3n) is 3.94. The average molecular weight is 262 g/mol. The van der Waals surface area contributed by atoms with E-state index in [1.807, 2.05) is 19.1 Å². The van der Waals surface area contributed by atoms with Crippen LogP contribution in [0.25, 0.3) is 0 Å². The zero-order valence-electron chi connectivity index (χ0n) is 11.7. The van der Waals surface area contributed by atoms with Crippen LogP contribution >= 0.6 is 0 Å². The number of pyridine rings is 1. The number of nitrogens with zero attached hydrogens (tertiary/aromatic N) is 2. The van der Waals surface area contributed by atoms with E-state index >= 15 is 0 Å². The first-order chi connectivity index (χ1) is 9.15. The molecule has 19 heavy (non-hydrogen) atoms. The van der Waals surface area contributed by atoms with E-state index in [1.54, 1.807) is 0 Å². The molecule has 2 fully saturated rings. The van der Waals surface area contributed by atoms with E-state index in [9.17, 15) is 5.11 Å². The molecule has 0 spiro atoms. The van der Waals surface area contributed by atoms with Crippen molar-refractivity contribution in [1.29, 1.82) is 0 Å². The van der Waals surface area contributed by atoms with Crippen molar-refractivity contribution in [2.45, 2.75) is 45.5 Å². The molecule has 3 rings (SSSR count). The van der Waals surface area contributed by atoms with Crippen molar-refractivity contribution >= 4 is 5.82 Å². The van der Waals surface area contributed by atoms with Gasteiger partial charge in [0.1, 0.15) is 5.82 Å². The van der Waals surface area contributed by atoms with Crippen molar-refractivity contribution in [3.05, 3.63) is 23.4 Å². The van der Waals surface area contributed by atoms with Crippen molar-refractivity contribution < 1.29 is 9.84 Å². The van der Waals surface area contributed by atoms with Crippen molar-refractivity contribution in [1.82, 2.24) is 4.98 Å². The van der Waals surface area contributed by atoms with Gasteiger partial charge in [-0.15, -0.1) is 0 Å². The average Bonchev–Trinajstić information content (AvgIpc) is 3.21. The molecule has 1 saturated carbocycles. The first-order valence-electron chi connectivity index (χ1n) is 7.14. The fourth-order valence-corrected chi connectivity index (χ4v) is 2.88. The van der Waals surface area contributed by atoms with Gasteiger partial charge in [0.15, 0.2) is 0 Å². The molecule has 4 nitrogen and oxygen atoms in total. The lowest BCUT2D eigenvalue weighted by molar-refractivity contribution is -0.0273. The van der Waals surface area contributed by atoms with Gasteiger partial charge in [-0.05, 0) is 50.3 Å². The van der Waals surface area contributed by atoms with Gasteiger partial charge in [0.25, 0.3) is 0 Å². The van der Waals surface area contributed by atoms with Gasteiger partial charge in [0.05, 0.1) is 18.8 Å². The van der Waals surface area contributed by atoms with Crippen LogP contribution in [0.1, 0.15) is 31.0 Å². The Labute approximate surface area is 114 Å². The zero-order chi connectivity index (χ0) is 13.4. The normalized spacial score (nSPS) is 27.6. The topological polar surface area (TPSA) is 45.6 Å². The van der Waals surface area contributed by atoms with E-state index in [4.69, 9.17) is 4.74 Å². The van der Waals surface area contributed by atoms with Crippen LogP contribution in [0.4, 0.5) is 5.82 Å². The second kappa shape index (κ2) is 5.10. The molecular weight excluding hydrogens is 240 g/mol. The molecule has 1 N–H and O–H groups in total. The van der Waals surface area contributed by atoms with Crippen molar-refractivity contribution in [2.24, 2.45) is 5.92 Å². The van der Waals surface area contributed by atoms with Crippen LogP contribution in [0.2, 0.25) is 0 Å². The Bertz CT molecular complexity index is 459. The molecule has 0 amide bonds. The summed E-state index contributed by atoms with van der Waals surface area (Å²) < 4.78 is 6.03. The highest BCUT2D eigenvalue weighted by molar-refractivity contribution is 5.43. The number of rotatable bonds is 3. The molecular formula is C15H22N2O2. The maximum Gasteiger partial charge on any atom is 0.129 e. The van der Waals surface area contributed by atoms with Crippen LogP contribution in [0.15, 0.2) is 12.1 Å². The highest BCUT2D eigenvalue weighted by atomic mass is 16.5. The van der Waals surface area contributed by atoms with Crippen molar-refractivity contribution in [2.75, 3.05) is 18.0 Å². The largest absolute Gasteiger partial charge is 0.392 e. The smallest absolute Gasteiger partial charge is 0.129 e. The Morgan fingerprint density at radius 1 is 1.37 bits per heavy atom. The second-order valence-corrected chi connectivity index (χ2v) is 5.86. The van der Waals surface area contributed by atoms with Gasteiger partial charge >= 0.3 is 0 Å². The summed E-state index contributed by atoms with van der Waals surface area (Å²) in [4.78, 5) is 6.92. The lowest BCUT2D eigenvalue weighted by Gasteiger charge is -2.38. The fraction of sp³-hybridized carbons (Fsp3) is 0.667. The Balaban J connectivity index is 1.81. The number of aliphatic hydroxyl groups is 1. The monoisotopic (exact) mass is 262 g/mol. The lowest BCUT2D eigenvalue weighted by atomic mass is 10.1. The van der Waals surface area contributed by atoms with Crippen LogP contribution in [0.3, 0.4) is 0 Å². The van der Waals surface area contributed by atoms with E-state index in [0.29, 0.717) is 6.10 Å². The van der Waals surface area contributed by atoms with E-state index in [2.05, 4.69) is 16.8 Å². The second-order valence-electron chi connectivity index (χ2n) is 5.86. The highest BCUT2D eigenvalue weighted by Crippen LogP contribution is 2.37. The number of anilines is 1. The third-order valence-corrected chi connectivity index (χ3v) is 3.94. The van der Waals surface area contributed by atoms with Crippen LogP contribution < -0.4 is 4.90 Å². The molecule has 0 aromatic carbocycles.